The molecule has 0 saturated carbocycles. The van der Waals surface area contributed by atoms with Crippen molar-refractivity contribution in [2.45, 2.75) is 36.4 Å². The number of ether oxygens (including phenoxy) is 1. The molecule has 202 valence electrons. The normalized spacial score (nSPS) is 16.8. The van der Waals surface area contributed by atoms with Crippen LogP contribution in [-0.4, -0.2) is 61.2 Å². The van der Waals surface area contributed by atoms with E-state index in [-0.39, 0.29) is 17.3 Å². The first kappa shape index (κ1) is 26.7. The molecule has 1 atom stereocenters. The Balaban J connectivity index is 1.33. The lowest BCUT2D eigenvalue weighted by Crippen LogP contribution is -2.31. The number of halogens is 3. The number of hydrogen-bond donors (Lipinski definition) is 1. The summed E-state index contributed by atoms with van der Waals surface area (Å²) in [6, 6.07) is 10.7. The third-order valence-corrected chi connectivity index (χ3v) is 10.4. The number of hydrogen-bond acceptors (Lipinski definition) is 8. The van der Waals surface area contributed by atoms with Crippen molar-refractivity contribution in [3.63, 3.8) is 0 Å². The number of aromatic nitrogens is 2. The molecule has 4 heterocycles. The van der Waals surface area contributed by atoms with Crippen molar-refractivity contribution in [1.29, 1.82) is 0 Å². The van der Waals surface area contributed by atoms with Gasteiger partial charge in [0.15, 0.2) is 0 Å². The average Bonchev–Trinajstić information content (AvgIpc) is 3.66. The van der Waals surface area contributed by atoms with Gasteiger partial charge in [-0.15, -0.1) is 22.7 Å². The summed E-state index contributed by atoms with van der Waals surface area (Å²) in [7, 11) is -3.72. The number of sulfonamides is 1. The standard InChI is InChI=1S/C24H23F3N4O4S3/c1-2-31(38(33,34)20-7-4-10-36-20)19-6-3-5-15-11-18(29-21(15)19)22-28-12-17(37-22)14-30-9-8-16(13-30)35-23(32)24(25,26)27/h3-7,10-12,16,29H,2,8-9,13-14H2,1H3. The summed E-state index contributed by atoms with van der Waals surface area (Å²) in [5.41, 5.74) is 1.94. The van der Waals surface area contributed by atoms with Gasteiger partial charge in [0.25, 0.3) is 10.0 Å². The molecule has 38 heavy (non-hydrogen) atoms. The van der Waals surface area contributed by atoms with Crippen molar-refractivity contribution in [3.8, 4) is 10.7 Å². The Hall–Kier alpha value is -2.94. The van der Waals surface area contributed by atoms with Gasteiger partial charge in [-0.05, 0) is 36.9 Å². The highest BCUT2D eigenvalue weighted by Crippen LogP contribution is 2.35. The minimum atomic E-state index is -5.00. The molecule has 14 heteroatoms. The van der Waals surface area contributed by atoms with Gasteiger partial charge in [-0.2, -0.15) is 13.2 Å². The molecule has 1 aromatic carbocycles. The van der Waals surface area contributed by atoms with Crippen molar-refractivity contribution >= 4 is 55.3 Å². The lowest BCUT2D eigenvalue weighted by molar-refractivity contribution is -0.204. The van der Waals surface area contributed by atoms with Crippen LogP contribution in [0.3, 0.4) is 0 Å². The highest BCUT2D eigenvalue weighted by Gasteiger charge is 2.43. The number of thiophene rings is 1. The minimum Gasteiger partial charge on any atom is -0.454 e. The smallest absolute Gasteiger partial charge is 0.454 e. The largest absolute Gasteiger partial charge is 0.490 e. The van der Waals surface area contributed by atoms with Crippen molar-refractivity contribution < 1.29 is 31.1 Å². The van der Waals surface area contributed by atoms with Gasteiger partial charge in [-0.1, -0.05) is 18.2 Å². The maximum atomic E-state index is 13.3. The van der Waals surface area contributed by atoms with E-state index in [1.54, 1.807) is 36.7 Å². The molecule has 5 rings (SSSR count). The summed E-state index contributed by atoms with van der Waals surface area (Å²) in [5, 5.41) is 3.26. The number of benzene rings is 1. The van der Waals surface area contributed by atoms with Crippen LogP contribution in [0.15, 0.2) is 52.2 Å². The first-order chi connectivity index (χ1) is 18.1. The second kappa shape index (κ2) is 10.3. The zero-order valence-corrected chi connectivity index (χ0v) is 22.5. The molecule has 0 amide bonds. The maximum absolute atomic E-state index is 13.3. The Bertz CT molecular complexity index is 1550. The fourth-order valence-corrected chi connectivity index (χ4v) is 7.95. The summed E-state index contributed by atoms with van der Waals surface area (Å²) in [6.07, 6.45) is -3.75. The van der Waals surface area contributed by atoms with Crippen LogP contribution < -0.4 is 4.31 Å². The number of esters is 1. The topological polar surface area (TPSA) is 95.6 Å². The maximum Gasteiger partial charge on any atom is 0.490 e. The van der Waals surface area contributed by atoms with E-state index >= 15 is 0 Å². The SMILES string of the molecule is CCN(c1cccc2cc(-c3ncc(CN4CCC(OC(=O)C(F)(F)F)C4)s3)[nH]c12)S(=O)(=O)c1cccs1. The summed E-state index contributed by atoms with van der Waals surface area (Å²) in [5.74, 6) is -2.16. The number of likely N-dealkylation sites (tertiary alicyclic amines) is 1. The molecule has 1 aliphatic heterocycles. The second-order valence-corrected chi connectivity index (χ2v) is 12.9. The van der Waals surface area contributed by atoms with Crippen LogP contribution in [0.5, 0.6) is 0 Å². The molecule has 1 saturated heterocycles. The molecular weight excluding hydrogens is 561 g/mol. The van der Waals surface area contributed by atoms with Crippen LogP contribution in [0, 0.1) is 0 Å². The monoisotopic (exact) mass is 584 g/mol. The van der Waals surface area contributed by atoms with E-state index in [9.17, 15) is 26.4 Å². The first-order valence-electron chi connectivity index (χ1n) is 11.7. The Morgan fingerprint density at radius 1 is 1.29 bits per heavy atom. The molecule has 0 aliphatic carbocycles. The van der Waals surface area contributed by atoms with Gasteiger partial charge in [-0.3, -0.25) is 9.21 Å². The van der Waals surface area contributed by atoms with Gasteiger partial charge >= 0.3 is 12.1 Å². The summed E-state index contributed by atoms with van der Waals surface area (Å²) in [4.78, 5) is 21.8. The summed E-state index contributed by atoms with van der Waals surface area (Å²) < 4.78 is 70.2. The number of thiazole rings is 1. The molecule has 1 unspecified atom stereocenters. The van der Waals surface area contributed by atoms with E-state index in [2.05, 4.69) is 14.7 Å². The van der Waals surface area contributed by atoms with E-state index in [4.69, 9.17) is 0 Å². The number of anilines is 1. The van der Waals surface area contributed by atoms with Gasteiger partial charge in [-0.25, -0.2) is 18.2 Å². The molecule has 0 bridgehead atoms. The van der Waals surface area contributed by atoms with Crippen molar-refractivity contribution in [2.24, 2.45) is 0 Å². The van der Waals surface area contributed by atoms with E-state index < -0.39 is 28.3 Å². The number of aromatic amines is 1. The molecule has 8 nitrogen and oxygen atoms in total. The van der Waals surface area contributed by atoms with E-state index in [1.807, 2.05) is 23.1 Å². The molecule has 3 aromatic heterocycles. The number of alkyl halides is 3. The predicted octanol–water partition coefficient (Wildman–Crippen LogP) is 5.25. The molecule has 0 spiro atoms. The quantitative estimate of drug-likeness (QED) is 0.285. The lowest BCUT2D eigenvalue weighted by Gasteiger charge is -2.22. The molecule has 4 aromatic rings. The van der Waals surface area contributed by atoms with Gasteiger partial charge in [0.05, 0.1) is 16.9 Å². The van der Waals surface area contributed by atoms with E-state index in [0.717, 1.165) is 16.0 Å². The fourth-order valence-electron chi connectivity index (χ4n) is 4.43. The Kier molecular flexibility index (Phi) is 7.24. The molecule has 0 radical (unpaired) electrons. The summed E-state index contributed by atoms with van der Waals surface area (Å²) >= 11 is 2.60. The lowest BCUT2D eigenvalue weighted by atomic mass is 10.2. The number of carbonyl (C=O) groups excluding carboxylic acids is 1. The predicted molar refractivity (Wildman–Crippen MR) is 140 cm³/mol. The third kappa shape index (κ3) is 5.30. The Morgan fingerprint density at radius 3 is 2.82 bits per heavy atom. The highest BCUT2D eigenvalue weighted by atomic mass is 32.2. The van der Waals surface area contributed by atoms with Crippen LogP contribution in [0.4, 0.5) is 18.9 Å². The van der Waals surface area contributed by atoms with E-state index in [0.29, 0.717) is 35.7 Å². The number of rotatable bonds is 8. The number of nitrogens with one attached hydrogen (secondary N) is 1. The highest BCUT2D eigenvalue weighted by molar-refractivity contribution is 7.94. The van der Waals surface area contributed by atoms with Crippen LogP contribution >= 0.6 is 22.7 Å². The number of H-pyrrole nitrogens is 1. The zero-order chi connectivity index (χ0) is 27.1. The second-order valence-electron chi connectivity index (χ2n) is 8.71. The van der Waals surface area contributed by atoms with Gasteiger partial charge in [0.1, 0.15) is 15.3 Å². The molecule has 1 aliphatic rings. The molecular formula is C24H23F3N4O4S3. The minimum absolute atomic E-state index is 0.219. The Labute approximate surface area is 224 Å². The van der Waals surface area contributed by atoms with Crippen LogP contribution in [0.1, 0.15) is 18.2 Å². The van der Waals surface area contributed by atoms with Gasteiger partial charge in [0, 0.05) is 42.6 Å². The molecule has 1 N–H and O–H groups in total. The number of carbonyl (C=O) groups is 1. The van der Waals surface area contributed by atoms with Crippen LogP contribution in [-0.2, 0) is 26.1 Å². The van der Waals surface area contributed by atoms with Gasteiger partial charge in [0.2, 0.25) is 0 Å². The van der Waals surface area contributed by atoms with Crippen molar-refractivity contribution in [3.05, 3.63) is 52.9 Å². The van der Waals surface area contributed by atoms with Crippen molar-refractivity contribution in [1.82, 2.24) is 14.9 Å². The number of fused-ring (bicyclic) bond motifs is 1. The van der Waals surface area contributed by atoms with Gasteiger partial charge < -0.3 is 9.72 Å². The Morgan fingerprint density at radius 2 is 2.11 bits per heavy atom. The summed E-state index contributed by atoms with van der Waals surface area (Å²) in [6.45, 7) is 3.23. The van der Waals surface area contributed by atoms with Crippen molar-refractivity contribution in [2.75, 3.05) is 23.9 Å². The van der Waals surface area contributed by atoms with E-state index in [1.165, 1.54) is 27.0 Å². The number of nitrogens with zero attached hydrogens (tertiary/aromatic N) is 3. The number of para-hydroxylation sites is 1. The van der Waals surface area contributed by atoms with Crippen LogP contribution in [0.25, 0.3) is 21.6 Å². The third-order valence-electron chi connectivity index (χ3n) is 6.13. The van der Waals surface area contributed by atoms with Crippen LogP contribution in [0.2, 0.25) is 0 Å². The average molecular weight is 585 g/mol. The zero-order valence-electron chi connectivity index (χ0n) is 20.1. The molecule has 1 fully saturated rings. The fraction of sp³-hybridized carbons (Fsp3) is 0.333. The first-order valence-corrected chi connectivity index (χ1v) is 14.8.